The molecule has 0 saturated heterocycles. The Morgan fingerprint density at radius 3 is 2.21 bits per heavy atom. The molecule has 2 aromatic rings. The first-order valence-corrected chi connectivity index (χ1v) is 9.18. The highest BCUT2D eigenvalue weighted by molar-refractivity contribution is 5.49. The van der Waals surface area contributed by atoms with Crippen LogP contribution < -0.4 is 4.74 Å². The number of hydrogen-bond donors (Lipinski definition) is 1. The summed E-state index contributed by atoms with van der Waals surface area (Å²) in [4.78, 5) is 0. The van der Waals surface area contributed by atoms with Crippen LogP contribution in [-0.4, -0.2) is 24.0 Å². The number of methoxy groups -OCH3 is 1. The molecule has 0 fully saturated rings. The van der Waals surface area contributed by atoms with Crippen molar-refractivity contribution in [1.29, 1.82) is 0 Å². The normalized spacial score (nSPS) is 16.3. The van der Waals surface area contributed by atoms with Crippen LogP contribution >= 0.6 is 0 Å². The van der Waals surface area contributed by atoms with Gasteiger partial charge in [-0.25, -0.2) is 4.39 Å². The lowest BCUT2D eigenvalue weighted by Gasteiger charge is -2.41. The van der Waals surface area contributed by atoms with Crippen molar-refractivity contribution in [3.05, 3.63) is 65.0 Å². The molecule has 0 aliphatic carbocycles. The third kappa shape index (κ3) is 4.17. The molecule has 0 aliphatic rings. The zero-order valence-corrected chi connectivity index (χ0v) is 16.5. The van der Waals surface area contributed by atoms with Crippen LogP contribution in [0.2, 0.25) is 0 Å². The molecule has 2 rings (SSSR count). The molecule has 1 N–H and O–H groups in total. The molecule has 0 radical (unpaired) electrons. The summed E-state index contributed by atoms with van der Waals surface area (Å²) in [5.74, 6) is -0.310. The van der Waals surface area contributed by atoms with Gasteiger partial charge in [-0.1, -0.05) is 44.5 Å². The van der Waals surface area contributed by atoms with Gasteiger partial charge in [0.1, 0.15) is 11.6 Å². The number of ether oxygens (including phenoxy) is 1. The minimum atomic E-state index is -4.83. The zero-order chi connectivity index (χ0) is 21.2. The van der Waals surface area contributed by atoms with Crippen LogP contribution in [0.1, 0.15) is 49.8 Å². The molecule has 0 heterocycles. The Morgan fingerprint density at radius 2 is 1.68 bits per heavy atom. The number of aryl methyl sites for hydroxylation is 1. The molecule has 2 atom stereocenters. The summed E-state index contributed by atoms with van der Waals surface area (Å²) in [5, 5.41) is 10.7. The quantitative estimate of drug-likeness (QED) is 0.586. The molecule has 0 aliphatic heterocycles. The smallest absolute Gasteiger partial charge is 0.417 e. The highest BCUT2D eigenvalue weighted by Crippen LogP contribution is 2.49. The van der Waals surface area contributed by atoms with Crippen LogP contribution in [-0.2, 0) is 5.41 Å². The fraction of sp³-hybridized carbons (Fsp3) is 0.455. The molecular weight excluding hydrogens is 372 g/mol. The van der Waals surface area contributed by atoms with Crippen molar-refractivity contribution in [2.45, 2.75) is 57.2 Å². The van der Waals surface area contributed by atoms with E-state index in [-0.39, 0.29) is 17.7 Å². The molecule has 0 amide bonds. The number of benzene rings is 2. The molecule has 2 aromatic carbocycles. The van der Waals surface area contributed by atoms with Gasteiger partial charge < -0.3 is 9.84 Å². The fourth-order valence-corrected chi connectivity index (χ4v) is 3.97. The van der Waals surface area contributed by atoms with E-state index in [1.165, 1.54) is 25.3 Å². The average Bonchev–Trinajstić information content (AvgIpc) is 2.61. The summed E-state index contributed by atoms with van der Waals surface area (Å²) in [6.45, 7) is 4.97. The molecular formula is C22H26F4O2. The number of halogens is 4. The minimum Gasteiger partial charge on any atom is -0.496 e. The van der Waals surface area contributed by atoms with E-state index in [4.69, 9.17) is 4.74 Å². The van der Waals surface area contributed by atoms with Crippen molar-refractivity contribution in [1.82, 2.24) is 0 Å². The molecule has 2 unspecified atom stereocenters. The fourth-order valence-electron chi connectivity index (χ4n) is 3.97. The molecule has 0 bridgehead atoms. The van der Waals surface area contributed by atoms with Gasteiger partial charge in [-0.3, -0.25) is 0 Å². The Hall–Kier alpha value is -2.08. The monoisotopic (exact) mass is 398 g/mol. The first-order valence-electron chi connectivity index (χ1n) is 9.18. The van der Waals surface area contributed by atoms with E-state index in [9.17, 15) is 22.7 Å². The Morgan fingerprint density at radius 1 is 1.04 bits per heavy atom. The van der Waals surface area contributed by atoms with Gasteiger partial charge in [0.25, 0.3) is 0 Å². The van der Waals surface area contributed by atoms with Crippen molar-refractivity contribution < 1.29 is 27.4 Å². The first kappa shape index (κ1) is 22.2. The van der Waals surface area contributed by atoms with Crippen molar-refractivity contribution in [2.24, 2.45) is 0 Å². The topological polar surface area (TPSA) is 29.5 Å². The van der Waals surface area contributed by atoms with E-state index in [1.54, 1.807) is 45.0 Å². The molecule has 0 spiro atoms. The number of alkyl halides is 3. The van der Waals surface area contributed by atoms with Crippen molar-refractivity contribution >= 4 is 0 Å². The first-order chi connectivity index (χ1) is 13.0. The van der Waals surface area contributed by atoms with Crippen LogP contribution in [0.4, 0.5) is 17.6 Å². The van der Waals surface area contributed by atoms with Gasteiger partial charge >= 0.3 is 6.18 Å². The van der Waals surface area contributed by atoms with Crippen LogP contribution in [0.5, 0.6) is 5.75 Å². The second-order valence-electron chi connectivity index (χ2n) is 7.45. The highest BCUT2D eigenvalue weighted by Gasteiger charge is 2.56. The van der Waals surface area contributed by atoms with Gasteiger partial charge in [0, 0.05) is 11.0 Å². The molecule has 154 valence electrons. The zero-order valence-electron chi connectivity index (χ0n) is 16.5. The number of rotatable bonds is 7. The number of hydrogen-bond acceptors (Lipinski definition) is 2. The van der Waals surface area contributed by atoms with Gasteiger partial charge in [0.2, 0.25) is 0 Å². The third-order valence-corrected chi connectivity index (χ3v) is 5.33. The van der Waals surface area contributed by atoms with E-state index < -0.39 is 35.9 Å². The maximum absolute atomic E-state index is 14.1. The lowest BCUT2D eigenvalue weighted by atomic mass is 9.67. The maximum atomic E-state index is 14.1. The lowest BCUT2D eigenvalue weighted by Crippen LogP contribution is -2.50. The van der Waals surface area contributed by atoms with Crippen LogP contribution in [0.3, 0.4) is 0 Å². The summed E-state index contributed by atoms with van der Waals surface area (Å²) in [6.07, 6.45) is -5.77. The second kappa shape index (κ2) is 8.11. The van der Waals surface area contributed by atoms with Gasteiger partial charge in [0.15, 0.2) is 5.60 Å². The largest absolute Gasteiger partial charge is 0.496 e. The highest BCUT2D eigenvalue weighted by atomic mass is 19.4. The summed E-state index contributed by atoms with van der Waals surface area (Å²) < 4.78 is 61.0. The van der Waals surface area contributed by atoms with Gasteiger partial charge in [-0.15, -0.1) is 0 Å². The summed E-state index contributed by atoms with van der Waals surface area (Å²) in [7, 11) is 1.39. The van der Waals surface area contributed by atoms with E-state index in [2.05, 4.69) is 0 Å². The van der Waals surface area contributed by atoms with Crippen LogP contribution in [0, 0.1) is 12.7 Å². The summed E-state index contributed by atoms with van der Waals surface area (Å²) >= 11 is 0. The van der Waals surface area contributed by atoms with Gasteiger partial charge in [-0.2, -0.15) is 13.2 Å². The predicted molar refractivity (Wildman–Crippen MR) is 101 cm³/mol. The van der Waals surface area contributed by atoms with Gasteiger partial charge in [-0.05, 0) is 49.1 Å². The predicted octanol–water partition coefficient (Wildman–Crippen LogP) is 5.93. The lowest BCUT2D eigenvalue weighted by molar-refractivity contribution is -0.268. The van der Waals surface area contributed by atoms with E-state index in [0.29, 0.717) is 5.56 Å². The van der Waals surface area contributed by atoms with E-state index >= 15 is 0 Å². The molecule has 0 aromatic heterocycles. The SMILES string of the molecule is CCCC(O)(CC(C)(c1ccccc1C)c1cc(F)ccc1OC)C(F)(F)F. The average molecular weight is 398 g/mol. The Bertz CT molecular complexity index is 818. The van der Waals surface area contributed by atoms with Crippen molar-refractivity contribution in [3.8, 4) is 5.75 Å². The molecule has 0 saturated carbocycles. The van der Waals surface area contributed by atoms with E-state index in [1.807, 2.05) is 0 Å². The minimum absolute atomic E-state index is 0.153. The van der Waals surface area contributed by atoms with Crippen molar-refractivity contribution in [2.75, 3.05) is 7.11 Å². The third-order valence-electron chi connectivity index (χ3n) is 5.33. The molecule has 28 heavy (non-hydrogen) atoms. The van der Waals surface area contributed by atoms with Crippen molar-refractivity contribution in [3.63, 3.8) is 0 Å². The van der Waals surface area contributed by atoms with Crippen LogP contribution in [0.25, 0.3) is 0 Å². The van der Waals surface area contributed by atoms with E-state index in [0.717, 1.165) is 5.56 Å². The van der Waals surface area contributed by atoms with Crippen LogP contribution in [0.15, 0.2) is 42.5 Å². The maximum Gasteiger partial charge on any atom is 0.417 e. The summed E-state index contributed by atoms with van der Waals surface area (Å²) in [6, 6.07) is 10.8. The Balaban J connectivity index is 2.78. The van der Waals surface area contributed by atoms with Gasteiger partial charge in [0.05, 0.1) is 7.11 Å². The second-order valence-corrected chi connectivity index (χ2v) is 7.45. The number of aliphatic hydroxyl groups is 1. The molecule has 6 heteroatoms. The molecule has 2 nitrogen and oxygen atoms in total. The Labute approximate surface area is 163 Å². The Kier molecular flexibility index (Phi) is 6.44. The standard InChI is InChI=1S/C22H26F4O2/c1-5-12-21(27,22(24,25)26)14-20(3,17-9-7-6-8-15(17)2)18-13-16(23)10-11-19(18)28-4/h6-11,13,27H,5,12,14H2,1-4H3. The summed E-state index contributed by atoms with van der Waals surface area (Å²) in [5.41, 5.74) is -2.66.